The molecule has 0 aliphatic carbocycles. The van der Waals surface area contributed by atoms with Crippen molar-refractivity contribution in [3.8, 4) is 0 Å². The van der Waals surface area contributed by atoms with Crippen LogP contribution in [0.5, 0.6) is 0 Å². The van der Waals surface area contributed by atoms with Gasteiger partial charge in [0, 0.05) is 25.2 Å². The van der Waals surface area contributed by atoms with Crippen molar-refractivity contribution >= 4 is 10.0 Å². The van der Waals surface area contributed by atoms with Crippen LogP contribution in [0, 0.1) is 13.8 Å². The molecule has 1 saturated heterocycles. The molecule has 0 amide bonds. The van der Waals surface area contributed by atoms with Crippen LogP contribution in [0.2, 0.25) is 0 Å². The first-order valence-electron chi connectivity index (χ1n) is 7.62. The Morgan fingerprint density at radius 2 is 1.86 bits per heavy atom. The van der Waals surface area contributed by atoms with E-state index < -0.39 is 10.0 Å². The van der Waals surface area contributed by atoms with Crippen molar-refractivity contribution in [1.29, 1.82) is 0 Å². The Hall–Kier alpha value is -0.950. The van der Waals surface area contributed by atoms with Crippen molar-refractivity contribution in [2.24, 2.45) is 0 Å². The smallest absolute Gasteiger partial charge is 0.240 e. The van der Waals surface area contributed by atoms with E-state index in [-0.39, 0.29) is 5.54 Å². The molecule has 0 unspecified atom stereocenters. The van der Waals surface area contributed by atoms with Crippen LogP contribution in [0.3, 0.4) is 0 Å². The molecule has 5 nitrogen and oxygen atoms in total. The molecule has 22 heavy (non-hydrogen) atoms. The minimum atomic E-state index is -3.49. The van der Waals surface area contributed by atoms with Crippen molar-refractivity contribution in [2.45, 2.75) is 38.1 Å². The fraction of sp³-hybridized carbons (Fsp3) is 0.625. The standard InChI is InChI=1S/C16H26N2O3S/c1-13-5-6-15(14(2)11-13)22(19,20)17-12-16(3,4)18-7-9-21-10-8-18/h5-6,11,17H,7-10,12H2,1-4H3. The van der Waals surface area contributed by atoms with Crippen LogP contribution in [0.15, 0.2) is 23.1 Å². The Morgan fingerprint density at radius 3 is 2.45 bits per heavy atom. The zero-order valence-electron chi connectivity index (χ0n) is 13.8. The third kappa shape index (κ3) is 4.07. The number of morpholine rings is 1. The van der Waals surface area contributed by atoms with Gasteiger partial charge in [0.25, 0.3) is 0 Å². The highest BCUT2D eigenvalue weighted by Gasteiger charge is 2.30. The summed E-state index contributed by atoms with van der Waals surface area (Å²) in [6.45, 7) is 11.3. The van der Waals surface area contributed by atoms with Crippen LogP contribution < -0.4 is 4.72 Å². The summed E-state index contributed by atoms with van der Waals surface area (Å²) in [5.41, 5.74) is 1.59. The average molecular weight is 326 g/mol. The van der Waals surface area contributed by atoms with Crippen LogP contribution >= 0.6 is 0 Å². The van der Waals surface area contributed by atoms with Crippen molar-refractivity contribution in [3.63, 3.8) is 0 Å². The van der Waals surface area contributed by atoms with Gasteiger partial charge in [-0.25, -0.2) is 13.1 Å². The second-order valence-electron chi connectivity index (χ2n) is 6.51. The van der Waals surface area contributed by atoms with E-state index in [1.165, 1.54) is 0 Å². The van der Waals surface area contributed by atoms with E-state index in [0.29, 0.717) is 24.7 Å². The summed E-state index contributed by atoms with van der Waals surface area (Å²) in [6.07, 6.45) is 0. The number of hydrogen-bond acceptors (Lipinski definition) is 4. The molecular weight excluding hydrogens is 300 g/mol. The topological polar surface area (TPSA) is 58.6 Å². The van der Waals surface area contributed by atoms with Crippen LogP contribution in [-0.4, -0.2) is 51.7 Å². The van der Waals surface area contributed by atoms with E-state index in [4.69, 9.17) is 4.74 Å². The number of ether oxygens (including phenoxy) is 1. The lowest BCUT2D eigenvalue weighted by Crippen LogP contribution is -2.55. The highest BCUT2D eigenvalue weighted by molar-refractivity contribution is 7.89. The van der Waals surface area contributed by atoms with Crippen LogP contribution in [0.1, 0.15) is 25.0 Å². The first-order chi connectivity index (χ1) is 10.2. The van der Waals surface area contributed by atoms with Gasteiger partial charge in [-0.15, -0.1) is 0 Å². The van der Waals surface area contributed by atoms with Crippen LogP contribution in [-0.2, 0) is 14.8 Å². The number of hydrogen-bond donors (Lipinski definition) is 1. The van der Waals surface area contributed by atoms with Gasteiger partial charge in [0.1, 0.15) is 0 Å². The Morgan fingerprint density at radius 1 is 1.23 bits per heavy atom. The fourth-order valence-corrected chi connectivity index (χ4v) is 4.16. The Bertz CT molecular complexity index is 620. The lowest BCUT2D eigenvalue weighted by Gasteiger charge is -2.40. The minimum absolute atomic E-state index is 0.241. The summed E-state index contributed by atoms with van der Waals surface area (Å²) in [5.74, 6) is 0. The highest BCUT2D eigenvalue weighted by Crippen LogP contribution is 2.19. The summed E-state index contributed by atoms with van der Waals surface area (Å²) < 4.78 is 33.2. The largest absolute Gasteiger partial charge is 0.379 e. The van der Waals surface area contributed by atoms with E-state index in [0.717, 1.165) is 24.2 Å². The Balaban J connectivity index is 2.08. The fourth-order valence-electron chi connectivity index (χ4n) is 2.73. The summed E-state index contributed by atoms with van der Waals surface area (Å²) in [4.78, 5) is 2.62. The lowest BCUT2D eigenvalue weighted by atomic mass is 10.0. The Kier molecular flexibility index (Phi) is 5.27. The van der Waals surface area contributed by atoms with E-state index >= 15 is 0 Å². The summed E-state index contributed by atoms with van der Waals surface area (Å²) in [6, 6.07) is 5.39. The van der Waals surface area contributed by atoms with Crippen LogP contribution in [0.4, 0.5) is 0 Å². The number of nitrogens with zero attached hydrogens (tertiary/aromatic N) is 1. The molecule has 0 radical (unpaired) electrons. The molecule has 124 valence electrons. The molecule has 1 fully saturated rings. The molecule has 1 aromatic carbocycles. The predicted molar refractivity (Wildman–Crippen MR) is 87.6 cm³/mol. The maximum atomic E-state index is 12.5. The van der Waals surface area contributed by atoms with Crippen LogP contribution in [0.25, 0.3) is 0 Å². The molecule has 1 aliphatic rings. The molecule has 0 aromatic heterocycles. The van der Waals surface area contributed by atoms with E-state index in [2.05, 4.69) is 23.5 Å². The summed E-state index contributed by atoms with van der Waals surface area (Å²) in [5, 5.41) is 0. The van der Waals surface area contributed by atoms with Crippen molar-refractivity contribution < 1.29 is 13.2 Å². The zero-order chi connectivity index (χ0) is 16.4. The second kappa shape index (κ2) is 6.66. The predicted octanol–water partition coefficient (Wildman–Crippen LogP) is 1.69. The number of benzene rings is 1. The average Bonchev–Trinajstić information content (AvgIpc) is 2.46. The number of nitrogens with one attached hydrogen (secondary N) is 1. The molecule has 1 aliphatic heterocycles. The number of rotatable bonds is 5. The quantitative estimate of drug-likeness (QED) is 0.895. The first kappa shape index (κ1) is 17.4. The molecule has 0 spiro atoms. The van der Waals surface area contributed by atoms with Gasteiger partial charge in [0.05, 0.1) is 18.1 Å². The SMILES string of the molecule is Cc1ccc(S(=O)(=O)NCC(C)(C)N2CCOCC2)c(C)c1. The molecule has 0 atom stereocenters. The molecule has 0 bridgehead atoms. The minimum Gasteiger partial charge on any atom is -0.379 e. The maximum absolute atomic E-state index is 12.5. The molecule has 6 heteroatoms. The molecule has 0 saturated carbocycles. The monoisotopic (exact) mass is 326 g/mol. The molecule has 1 aromatic rings. The lowest BCUT2D eigenvalue weighted by molar-refractivity contribution is -0.00803. The second-order valence-corrected chi connectivity index (χ2v) is 8.24. The third-order valence-electron chi connectivity index (χ3n) is 4.18. The van der Waals surface area contributed by atoms with Gasteiger partial charge < -0.3 is 4.74 Å². The van der Waals surface area contributed by atoms with Gasteiger partial charge in [-0.2, -0.15) is 0 Å². The maximum Gasteiger partial charge on any atom is 0.240 e. The molecule has 1 N–H and O–H groups in total. The summed E-state index contributed by atoms with van der Waals surface area (Å²) in [7, 11) is -3.49. The van der Waals surface area contributed by atoms with E-state index in [1.54, 1.807) is 6.07 Å². The van der Waals surface area contributed by atoms with Crippen molar-refractivity contribution in [2.75, 3.05) is 32.8 Å². The van der Waals surface area contributed by atoms with Crippen molar-refractivity contribution in [3.05, 3.63) is 29.3 Å². The normalized spacial score (nSPS) is 17.6. The van der Waals surface area contributed by atoms with Gasteiger partial charge in [-0.1, -0.05) is 17.7 Å². The van der Waals surface area contributed by atoms with Gasteiger partial charge >= 0.3 is 0 Å². The van der Waals surface area contributed by atoms with Crippen molar-refractivity contribution in [1.82, 2.24) is 9.62 Å². The third-order valence-corrected chi connectivity index (χ3v) is 5.74. The number of aryl methyl sites for hydroxylation is 2. The number of sulfonamides is 1. The van der Waals surface area contributed by atoms with E-state index in [9.17, 15) is 8.42 Å². The molecular formula is C16H26N2O3S. The highest BCUT2D eigenvalue weighted by atomic mass is 32.2. The van der Waals surface area contributed by atoms with Gasteiger partial charge in [-0.05, 0) is 39.3 Å². The molecule has 1 heterocycles. The molecule has 2 rings (SSSR count). The first-order valence-corrected chi connectivity index (χ1v) is 9.10. The van der Waals surface area contributed by atoms with Gasteiger partial charge in [0.15, 0.2) is 0 Å². The van der Waals surface area contributed by atoms with E-state index in [1.807, 2.05) is 26.0 Å². The van der Waals surface area contributed by atoms with Gasteiger partial charge in [-0.3, -0.25) is 4.90 Å². The Labute approximate surface area is 133 Å². The summed E-state index contributed by atoms with van der Waals surface area (Å²) >= 11 is 0. The zero-order valence-corrected chi connectivity index (χ0v) is 14.7. The van der Waals surface area contributed by atoms with Gasteiger partial charge in [0.2, 0.25) is 10.0 Å².